The molecule has 1 aromatic carbocycles. The van der Waals surface area contributed by atoms with Crippen molar-refractivity contribution >= 4 is 22.5 Å². The van der Waals surface area contributed by atoms with Gasteiger partial charge in [-0.05, 0) is 12.1 Å². The second-order valence-corrected chi connectivity index (χ2v) is 6.46. The summed E-state index contributed by atoms with van der Waals surface area (Å²) in [6.45, 7) is 5.64. The number of hydrogen-bond acceptors (Lipinski definition) is 7. The van der Waals surface area contributed by atoms with Gasteiger partial charge in [0.2, 0.25) is 5.88 Å². The summed E-state index contributed by atoms with van der Waals surface area (Å²) in [5.74, 6) is 1.68. The number of ether oxygens (including phenoxy) is 5. The molecular formula is C19H25ClN2O5. The number of morpholine rings is 1. The van der Waals surface area contributed by atoms with Crippen molar-refractivity contribution in [1.82, 2.24) is 9.88 Å². The van der Waals surface area contributed by atoms with Crippen LogP contribution in [0.4, 0.5) is 0 Å². The minimum Gasteiger partial charge on any atom is -0.496 e. The van der Waals surface area contributed by atoms with Gasteiger partial charge >= 0.3 is 0 Å². The van der Waals surface area contributed by atoms with Crippen LogP contribution in [0.15, 0.2) is 18.2 Å². The molecule has 0 bridgehead atoms. The zero-order chi connectivity index (χ0) is 19.1. The lowest BCUT2D eigenvalue weighted by atomic mass is 10.2. The number of methoxy groups -OCH3 is 2. The maximum Gasteiger partial charge on any atom is 0.217 e. The molecule has 2 heterocycles. The molecule has 0 unspecified atom stereocenters. The zero-order valence-electron chi connectivity index (χ0n) is 15.7. The van der Waals surface area contributed by atoms with E-state index in [1.165, 1.54) is 0 Å². The second-order valence-electron chi connectivity index (χ2n) is 6.08. The van der Waals surface area contributed by atoms with E-state index < -0.39 is 0 Å². The Morgan fingerprint density at radius 1 is 1.07 bits per heavy atom. The first-order valence-electron chi connectivity index (χ1n) is 8.95. The van der Waals surface area contributed by atoms with E-state index >= 15 is 0 Å². The molecule has 1 saturated heterocycles. The summed E-state index contributed by atoms with van der Waals surface area (Å²) < 4.78 is 27.3. The summed E-state index contributed by atoms with van der Waals surface area (Å²) >= 11 is 6.57. The van der Waals surface area contributed by atoms with Crippen molar-refractivity contribution in [1.29, 1.82) is 0 Å². The lowest BCUT2D eigenvalue weighted by Crippen LogP contribution is -2.38. The van der Waals surface area contributed by atoms with Crippen molar-refractivity contribution in [3.05, 3.63) is 23.2 Å². The first-order valence-corrected chi connectivity index (χ1v) is 9.32. The molecule has 148 valence electrons. The smallest absolute Gasteiger partial charge is 0.217 e. The molecule has 0 spiro atoms. The van der Waals surface area contributed by atoms with Gasteiger partial charge in [0.05, 0.1) is 26.9 Å². The van der Waals surface area contributed by atoms with Gasteiger partial charge in [0.25, 0.3) is 0 Å². The van der Waals surface area contributed by atoms with Gasteiger partial charge < -0.3 is 23.7 Å². The van der Waals surface area contributed by atoms with Crippen LogP contribution in [0.5, 0.6) is 17.4 Å². The van der Waals surface area contributed by atoms with Crippen molar-refractivity contribution in [2.75, 3.05) is 66.9 Å². The van der Waals surface area contributed by atoms with E-state index in [1.54, 1.807) is 20.3 Å². The lowest BCUT2D eigenvalue weighted by Gasteiger charge is -2.26. The Hall–Kier alpha value is -1.80. The highest BCUT2D eigenvalue weighted by Gasteiger charge is 2.15. The Morgan fingerprint density at radius 3 is 2.63 bits per heavy atom. The van der Waals surface area contributed by atoms with Crippen LogP contribution < -0.4 is 14.2 Å². The Labute approximate surface area is 164 Å². The van der Waals surface area contributed by atoms with Gasteiger partial charge in [-0.2, -0.15) is 0 Å². The maximum atomic E-state index is 6.57. The number of halogens is 1. The Kier molecular flexibility index (Phi) is 7.34. The molecule has 0 aliphatic carbocycles. The molecule has 1 fully saturated rings. The summed E-state index contributed by atoms with van der Waals surface area (Å²) in [5, 5.41) is 1.26. The summed E-state index contributed by atoms with van der Waals surface area (Å²) in [6.07, 6.45) is 0. The molecular weight excluding hydrogens is 372 g/mol. The highest BCUT2D eigenvalue weighted by molar-refractivity contribution is 6.36. The van der Waals surface area contributed by atoms with E-state index in [1.807, 2.05) is 12.1 Å². The highest BCUT2D eigenvalue weighted by Crippen LogP contribution is 2.37. The van der Waals surface area contributed by atoms with Gasteiger partial charge in [0.15, 0.2) is 0 Å². The first kappa shape index (κ1) is 19.9. The zero-order valence-corrected chi connectivity index (χ0v) is 16.5. The predicted molar refractivity (Wildman–Crippen MR) is 103 cm³/mol. The summed E-state index contributed by atoms with van der Waals surface area (Å²) in [5.41, 5.74) is 0.590. The van der Waals surface area contributed by atoms with Gasteiger partial charge in [-0.25, -0.2) is 4.98 Å². The van der Waals surface area contributed by atoms with Gasteiger partial charge in [-0.1, -0.05) is 11.6 Å². The summed E-state index contributed by atoms with van der Waals surface area (Å²) in [6, 6.07) is 5.49. The van der Waals surface area contributed by atoms with Gasteiger partial charge in [-0.15, -0.1) is 0 Å². The molecule has 8 heteroatoms. The van der Waals surface area contributed by atoms with Gasteiger partial charge in [0.1, 0.15) is 35.3 Å². The molecule has 0 N–H and O–H groups in total. The summed E-state index contributed by atoms with van der Waals surface area (Å²) in [4.78, 5) is 6.82. The monoisotopic (exact) mass is 396 g/mol. The van der Waals surface area contributed by atoms with Crippen LogP contribution in [-0.4, -0.2) is 76.8 Å². The average molecular weight is 397 g/mol. The van der Waals surface area contributed by atoms with E-state index in [0.29, 0.717) is 47.7 Å². The third-order valence-corrected chi connectivity index (χ3v) is 4.71. The molecule has 0 saturated carbocycles. The lowest BCUT2D eigenvalue weighted by molar-refractivity contribution is 0.0322. The van der Waals surface area contributed by atoms with Crippen molar-refractivity contribution in [2.45, 2.75) is 0 Å². The molecule has 1 aliphatic heterocycles. The second kappa shape index (κ2) is 9.94. The maximum absolute atomic E-state index is 6.57. The van der Waals surface area contributed by atoms with Crippen molar-refractivity contribution in [3.8, 4) is 17.4 Å². The van der Waals surface area contributed by atoms with Crippen molar-refractivity contribution < 1.29 is 23.7 Å². The quantitative estimate of drug-likeness (QED) is 0.604. The first-order chi connectivity index (χ1) is 13.2. The largest absolute Gasteiger partial charge is 0.496 e. The Balaban J connectivity index is 1.74. The number of fused-ring (bicyclic) bond motifs is 1. The molecule has 3 rings (SSSR count). The van der Waals surface area contributed by atoms with Crippen LogP contribution >= 0.6 is 11.6 Å². The Morgan fingerprint density at radius 2 is 1.89 bits per heavy atom. The van der Waals surface area contributed by atoms with E-state index in [9.17, 15) is 0 Å². The number of aromatic nitrogens is 1. The predicted octanol–water partition coefficient (Wildman–Crippen LogP) is 2.63. The van der Waals surface area contributed by atoms with Crippen LogP contribution in [0.3, 0.4) is 0 Å². The number of pyridine rings is 1. The van der Waals surface area contributed by atoms with E-state index in [-0.39, 0.29) is 0 Å². The van der Waals surface area contributed by atoms with Crippen LogP contribution in [0.1, 0.15) is 0 Å². The third-order valence-electron chi connectivity index (χ3n) is 4.35. The molecule has 0 atom stereocenters. The highest BCUT2D eigenvalue weighted by atomic mass is 35.5. The number of nitrogens with zero attached hydrogens (tertiary/aromatic N) is 2. The van der Waals surface area contributed by atoms with E-state index in [2.05, 4.69) is 9.88 Å². The van der Waals surface area contributed by atoms with Crippen LogP contribution in [0.25, 0.3) is 10.9 Å². The normalized spacial score (nSPS) is 15.1. The third kappa shape index (κ3) is 5.13. The SMILES string of the molecule is COCCOc1cc(OC)c2ccc(OCCN3CCOCC3)c(Cl)c2n1. The Bertz CT molecular complexity index is 752. The molecule has 7 nitrogen and oxygen atoms in total. The molecule has 0 radical (unpaired) electrons. The summed E-state index contributed by atoms with van der Waals surface area (Å²) in [7, 11) is 3.23. The van der Waals surface area contributed by atoms with Crippen LogP contribution in [0.2, 0.25) is 5.02 Å². The van der Waals surface area contributed by atoms with Crippen molar-refractivity contribution in [2.24, 2.45) is 0 Å². The molecule has 1 aromatic heterocycles. The van der Waals surface area contributed by atoms with Gasteiger partial charge in [-0.3, -0.25) is 4.90 Å². The number of hydrogen-bond donors (Lipinski definition) is 0. The number of benzene rings is 1. The van der Waals surface area contributed by atoms with Crippen LogP contribution in [0, 0.1) is 0 Å². The fourth-order valence-corrected chi connectivity index (χ4v) is 3.14. The number of rotatable bonds is 9. The molecule has 0 amide bonds. The molecule has 1 aliphatic rings. The minimum atomic E-state index is 0.394. The standard InChI is InChI=1S/C19H25ClN2O5/c1-23-11-12-27-17-13-16(24-2)14-3-4-15(18(20)19(14)21-17)26-10-7-22-5-8-25-9-6-22/h3-4,13H,5-12H2,1-2H3. The molecule has 27 heavy (non-hydrogen) atoms. The van der Waals surface area contributed by atoms with Crippen molar-refractivity contribution in [3.63, 3.8) is 0 Å². The fraction of sp³-hybridized carbons (Fsp3) is 0.526. The molecule has 2 aromatic rings. The van der Waals surface area contributed by atoms with E-state index in [0.717, 1.165) is 38.2 Å². The van der Waals surface area contributed by atoms with E-state index in [4.69, 9.17) is 35.3 Å². The minimum absolute atomic E-state index is 0.394. The topological polar surface area (TPSA) is 62.3 Å². The van der Waals surface area contributed by atoms with Crippen LogP contribution in [-0.2, 0) is 9.47 Å². The fourth-order valence-electron chi connectivity index (χ4n) is 2.88. The van der Waals surface area contributed by atoms with Gasteiger partial charge in [0, 0.05) is 38.2 Å². The average Bonchev–Trinajstić information content (AvgIpc) is 2.70.